The van der Waals surface area contributed by atoms with E-state index in [0.717, 1.165) is 12.5 Å². The molecular weight excluding hydrogens is 224 g/mol. The van der Waals surface area contributed by atoms with Crippen LogP contribution in [0.25, 0.3) is 0 Å². The van der Waals surface area contributed by atoms with Gasteiger partial charge in [0.2, 0.25) is 0 Å². The van der Waals surface area contributed by atoms with Gasteiger partial charge >= 0.3 is 0 Å². The van der Waals surface area contributed by atoms with E-state index in [9.17, 15) is 8.78 Å². The SMILES string of the molecule is CC1OCCC1C(N)Cc1cccc(F)c1F. The second-order valence-corrected chi connectivity index (χ2v) is 4.61. The van der Waals surface area contributed by atoms with Gasteiger partial charge in [-0.05, 0) is 31.4 Å². The van der Waals surface area contributed by atoms with E-state index in [4.69, 9.17) is 10.5 Å². The summed E-state index contributed by atoms with van der Waals surface area (Å²) in [4.78, 5) is 0. The second kappa shape index (κ2) is 5.10. The van der Waals surface area contributed by atoms with Crippen LogP contribution in [0.5, 0.6) is 0 Å². The summed E-state index contributed by atoms with van der Waals surface area (Å²) in [7, 11) is 0. The zero-order valence-corrected chi connectivity index (χ0v) is 9.83. The van der Waals surface area contributed by atoms with Gasteiger partial charge in [-0.15, -0.1) is 0 Å². The predicted molar refractivity (Wildman–Crippen MR) is 61.6 cm³/mol. The second-order valence-electron chi connectivity index (χ2n) is 4.61. The predicted octanol–water partition coefficient (Wildman–Crippen LogP) is 2.26. The average molecular weight is 241 g/mol. The van der Waals surface area contributed by atoms with Crippen LogP contribution in [0.3, 0.4) is 0 Å². The number of benzene rings is 1. The molecule has 0 aliphatic carbocycles. The molecule has 3 unspecified atom stereocenters. The van der Waals surface area contributed by atoms with Crippen LogP contribution >= 0.6 is 0 Å². The topological polar surface area (TPSA) is 35.2 Å². The van der Waals surface area contributed by atoms with E-state index in [1.807, 2.05) is 6.92 Å². The van der Waals surface area contributed by atoms with Crippen molar-refractivity contribution < 1.29 is 13.5 Å². The minimum Gasteiger partial charge on any atom is -0.378 e. The van der Waals surface area contributed by atoms with Crippen molar-refractivity contribution in [3.63, 3.8) is 0 Å². The Morgan fingerprint density at radius 2 is 2.24 bits per heavy atom. The summed E-state index contributed by atoms with van der Waals surface area (Å²) in [5.41, 5.74) is 6.40. The molecule has 1 aromatic carbocycles. The first-order valence-electron chi connectivity index (χ1n) is 5.89. The highest BCUT2D eigenvalue weighted by molar-refractivity contribution is 5.20. The third kappa shape index (κ3) is 2.64. The van der Waals surface area contributed by atoms with Crippen molar-refractivity contribution in [2.75, 3.05) is 6.61 Å². The normalized spacial score (nSPS) is 26.1. The fourth-order valence-electron chi connectivity index (χ4n) is 2.42. The van der Waals surface area contributed by atoms with Crippen molar-refractivity contribution >= 4 is 0 Å². The van der Waals surface area contributed by atoms with Crippen molar-refractivity contribution in [1.29, 1.82) is 0 Å². The van der Waals surface area contributed by atoms with Gasteiger partial charge in [-0.3, -0.25) is 0 Å². The first kappa shape index (κ1) is 12.5. The van der Waals surface area contributed by atoms with Gasteiger partial charge in [0, 0.05) is 18.6 Å². The molecule has 1 aromatic rings. The molecule has 4 heteroatoms. The first-order valence-corrected chi connectivity index (χ1v) is 5.89. The fourth-order valence-corrected chi connectivity index (χ4v) is 2.42. The number of halogens is 2. The van der Waals surface area contributed by atoms with Crippen LogP contribution in [0.1, 0.15) is 18.9 Å². The molecule has 1 aliphatic rings. The Balaban J connectivity index is 2.07. The molecule has 0 radical (unpaired) electrons. The van der Waals surface area contributed by atoms with Crippen LogP contribution in [0.15, 0.2) is 18.2 Å². The Kier molecular flexibility index (Phi) is 3.74. The molecule has 17 heavy (non-hydrogen) atoms. The van der Waals surface area contributed by atoms with Gasteiger partial charge in [0.15, 0.2) is 11.6 Å². The zero-order chi connectivity index (χ0) is 12.4. The number of ether oxygens (including phenoxy) is 1. The van der Waals surface area contributed by atoms with Crippen LogP contribution in [0, 0.1) is 17.6 Å². The molecule has 2 rings (SSSR count). The van der Waals surface area contributed by atoms with Gasteiger partial charge in [-0.2, -0.15) is 0 Å². The Morgan fingerprint density at radius 1 is 1.47 bits per heavy atom. The highest BCUT2D eigenvalue weighted by Gasteiger charge is 2.30. The maximum absolute atomic E-state index is 13.5. The summed E-state index contributed by atoms with van der Waals surface area (Å²) in [6.45, 7) is 2.67. The molecule has 0 spiro atoms. The van der Waals surface area contributed by atoms with E-state index in [0.29, 0.717) is 18.6 Å². The largest absolute Gasteiger partial charge is 0.378 e. The number of nitrogens with two attached hydrogens (primary N) is 1. The van der Waals surface area contributed by atoms with Crippen LogP contribution in [-0.2, 0) is 11.2 Å². The van der Waals surface area contributed by atoms with E-state index in [-0.39, 0.29) is 18.1 Å². The van der Waals surface area contributed by atoms with Gasteiger partial charge in [-0.1, -0.05) is 12.1 Å². The summed E-state index contributed by atoms with van der Waals surface area (Å²) in [5, 5.41) is 0. The van der Waals surface area contributed by atoms with Gasteiger partial charge in [0.1, 0.15) is 0 Å². The maximum atomic E-state index is 13.5. The van der Waals surface area contributed by atoms with Crippen LogP contribution in [0.2, 0.25) is 0 Å². The smallest absolute Gasteiger partial charge is 0.162 e. The highest BCUT2D eigenvalue weighted by Crippen LogP contribution is 2.25. The summed E-state index contributed by atoms with van der Waals surface area (Å²) < 4.78 is 32.0. The summed E-state index contributed by atoms with van der Waals surface area (Å²) in [6, 6.07) is 4.02. The Labute approximate surface area is 99.8 Å². The fraction of sp³-hybridized carbons (Fsp3) is 0.538. The minimum atomic E-state index is -0.814. The molecule has 3 atom stereocenters. The van der Waals surface area contributed by atoms with E-state index < -0.39 is 11.6 Å². The Morgan fingerprint density at radius 3 is 2.88 bits per heavy atom. The molecule has 1 fully saturated rings. The molecule has 94 valence electrons. The lowest BCUT2D eigenvalue weighted by Gasteiger charge is -2.22. The van der Waals surface area contributed by atoms with Gasteiger partial charge < -0.3 is 10.5 Å². The molecule has 0 saturated carbocycles. The zero-order valence-electron chi connectivity index (χ0n) is 9.83. The average Bonchev–Trinajstić information content (AvgIpc) is 2.71. The number of rotatable bonds is 3. The van der Waals surface area contributed by atoms with E-state index in [2.05, 4.69) is 0 Å². The molecule has 0 aromatic heterocycles. The first-order chi connectivity index (χ1) is 8.09. The summed E-state index contributed by atoms with van der Waals surface area (Å²) in [5.74, 6) is -1.38. The molecule has 2 N–H and O–H groups in total. The molecule has 0 bridgehead atoms. The number of hydrogen-bond acceptors (Lipinski definition) is 2. The van der Waals surface area contributed by atoms with Gasteiger partial charge in [-0.25, -0.2) is 8.78 Å². The summed E-state index contributed by atoms with van der Waals surface area (Å²) >= 11 is 0. The van der Waals surface area contributed by atoms with Crippen molar-refractivity contribution in [3.8, 4) is 0 Å². The van der Waals surface area contributed by atoms with Crippen molar-refractivity contribution in [1.82, 2.24) is 0 Å². The third-order valence-electron chi connectivity index (χ3n) is 3.47. The van der Waals surface area contributed by atoms with E-state index >= 15 is 0 Å². The van der Waals surface area contributed by atoms with Gasteiger partial charge in [0.25, 0.3) is 0 Å². The lowest BCUT2D eigenvalue weighted by atomic mass is 9.89. The molecule has 1 saturated heterocycles. The van der Waals surface area contributed by atoms with Crippen LogP contribution < -0.4 is 5.73 Å². The molecule has 2 nitrogen and oxygen atoms in total. The summed E-state index contributed by atoms with van der Waals surface area (Å²) in [6.07, 6.45) is 1.34. The maximum Gasteiger partial charge on any atom is 0.162 e. The lowest BCUT2D eigenvalue weighted by Crippen LogP contribution is -2.36. The van der Waals surface area contributed by atoms with Crippen LogP contribution in [-0.4, -0.2) is 18.8 Å². The van der Waals surface area contributed by atoms with Crippen LogP contribution in [0.4, 0.5) is 8.78 Å². The number of hydrogen-bond donors (Lipinski definition) is 1. The lowest BCUT2D eigenvalue weighted by molar-refractivity contribution is 0.0994. The van der Waals surface area contributed by atoms with E-state index in [1.54, 1.807) is 6.07 Å². The monoisotopic (exact) mass is 241 g/mol. The van der Waals surface area contributed by atoms with Gasteiger partial charge in [0.05, 0.1) is 6.10 Å². The van der Waals surface area contributed by atoms with Crippen molar-refractivity contribution in [2.24, 2.45) is 11.7 Å². The Bertz CT molecular complexity index is 397. The molecule has 1 heterocycles. The third-order valence-corrected chi connectivity index (χ3v) is 3.47. The van der Waals surface area contributed by atoms with Crippen molar-refractivity contribution in [3.05, 3.63) is 35.4 Å². The molecule has 0 amide bonds. The Hall–Kier alpha value is -1.00. The molecular formula is C13H17F2NO. The quantitative estimate of drug-likeness (QED) is 0.881. The van der Waals surface area contributed by atoms with E-state index in [1.165, 1.54) is 6.07 Å². The standard InChI is InChI=1S/C13H17F2NO/c1-8-10(5-6-17-8)12(16)7-9-3-2-4-11(14)13(9)15/h2-4,8,10,12H,5-7,16H2,1H3. The minimum absolute atomic E-state index is 0.0987. The highest BCUT2D eigenvalue weighted by atomic mass is 19.2. The molecule has 1 aliphatic heterocycles. The van der Waals surface area contributed by atoms with Crippen molar-refractivity contribution in [2.45, 2.75) is 31.9 Å².